The molecule has 0 radical (unpaired) electrons. The molecule has 23 heavy (non-hydrogen) atoms. The summed E-state index contributed by atoms with van der Waals surface area (Å²) in [6.45, 7) is 1.88. The normalized spacial score (nSPS) is 10.3. The van der Waals surface area contributed by atoms with Crippen molar-refractivity contribution in [3.8, 4) is 0 Å². The van der Waals surface area contributed by atoms with Gasteiger partial charge >= 0.3 is 5.97 Å². The SMILES string of the molecule is Cc1oc(CNC(=O)CCNC(=O)c2cccs2)cc1C(=O)O. The monoisotopic (exact) mass is 336 g/mol. The minimum absolute atomic E-state index is 0.0810. The second kappa shape index (κ2) is 7.59. The molecule has 0 atom stereocenters. The number of rotatable bonds is 7. The lowest BCUT2D eigenvalue weighted by Crippen LogP contribution is -2.30. The highest BCUT2D eigenvalue weighted by Gasteiger charge is 2.14. The van der Waals surface area contributed by atoms with Crippen molar-refractivity contribution in [1.82, 2.24) is 10.6 Å². The number of amides is 2. The number of carbonyl (C=O) groups is 3. The third-order valence-corrected chi connectivity index (χ3v) is 3.91. The van der Waals surface area contributed by atoms with Crippen LogP contribution in [-0.4, -0.2) is 29.4 Å². The van der Waals surface area contributed by atoms with E-state index in [1.165, 1.54) is 17.4 Å². The highest BCUT2D eigenvalue weighted by Crippen LogP contribution is 2.14. The van der Waals surface area contributed by atoms with E-state index >= 15 is 0 Å². The first-order valence-corrected chi connectivity index (χ1v) is 7.76. The number of furan rings is 1. The summed E-state index contributed by atoms with van der Waals surface area (Å²) in [7, 11) is 0. The number of thiophene rings is 1. The van der Waals surface area contributed by atoms with Gasteiger partial charge in [0.25, 0.3) is 5.91 Å². The Labute approximate surface area is 136 Å². The van der Waals surface area contributed by atoms with Crippen molar-refractivity contribution in [2.45, 2.75) is 19.9 Å². The van der Waals surface area contributed by atoms with Crippen molar-refractivity contribution >= 4 is 29.1 Å². The predicted molar refractivity (Wildman–Crippen MR) is 83.5 cm³/mol. The van der Waals surface area contributed by atoms with Gasteiger partial charge in [0.1, 0.15) is 17.1 Å². The van der Waals surface area contributed by atoms with Crippen LogP contribution < -0.4 is 10.6 Å². The Hall–Kier alpha value is -2.61. The maximum absolute atomic E-state index is 11.7. The molecule has 2 aromatic heterocycles. The zero-order chi connectivity index (χ0) is 16.8. The Morgan fingerprint density at radius 1 is 1.30 bits per heavy atom. The van der Waals surface area contributed by atoms with Crippen LogP contribution in [0.4, 0.5) is 0 Å². The van der Waals surface area contributed by atoms with Crippen LogP contribution in [0.25, 0.3) is 0 Å². The smallest absolute Gasteiger partial charge is 0.339 e. The van der Waals surface area contributed by atoms with E-state index < -0.39 is 5.97 Å². The van der Waals surface area contributed by atoms with E-state index in [1.807, 2.05) is 0 Å². The molecular weight excluding hydrogens is 320 g/mol. The molecule has 0 unspecified atom stereocenters. The second-order valence-corrected chi connectivity index (χ2v) is 5.70. The molecule has 0 aliphatic heterocycles. The van der Waals surface area contributed by atoms with Crippen molar-refractivity contribution in [2.75, 3.05) is 6.54 Å². The lowest BCUT2D eigenvalue weighted by Gasteiger charge is -2.04. The van der Waals surface area contributed by atoms with Gasteiger partial charge in [0.2, 0.25) is 5.91 Å². The highest BCUT2D eigenvalue weighted by molar-refractivity contribution is 7.12. The van der Waals surface area contributed by atoms with Gasteiger partial charge in [-0.2, -0.15) is 0 Å². The highest BCUT2D eigenvalue weighted by atomic mass is 32.1. The van der Waals surface area contributed by atoms with Crippen LogP contribution in [0.5, 0.6) is 0 Å². The number of hydrogen-bond acceptors (Lipinski definition) is 5. The molecule has 0 fully saturated rings. The number of carbonyl (C=O) groups excluding carboxylic acids is 2. The molecule has 7 nitrogen and oxygen atoms in total. The summed E-state index contributed by atoms with van der Waals surface area (Å²) in [5.41, 5.74) is 0.0810. The fourth-order valence-electron chi connectivity index (χ4n) is 1.90. The number of aromatic carboxylic acids is 1. The van der Waals surface area contributed by atoms with Crippen LogP contribution in [-0.2, 0) is 11.3 Å². The van der Waals surface area contributed by atoms with Crippen molar-refractivity contribution in [1.29, 1.82) is 0 Å². The average molecular weight is 336 g/mol. The van der Waals surface area contributed by atoms with Gasteiger partial charge in [-0.15, -0.1) is 11.3 Å². The van der Waals surface area contributed by atoms with Crippen LogP contribution in [0, 0.1) is 6.92 Å². The first kappa shape index (κ1) is 16.8. The summed E-state index contributed by atoms with van der Waals surface area (Å²) >= 11 is 1.33. The van der Waals surface area contributed by atoms with Gasteiger partial charge < -0.3 is 20.2 Å². The van der Waals surface area contributed by atoms with Crippen molar-refractivity contribution in [3.05, 3.63) is 45.5 Å². The molecule has 2 amide bonds. The Kier molecular flexibility index (Phi) is 5.53. The summed E-state index contributed by atoms with van der Waals surface area (Å²) < 4.78 is 5.25. The van der Waals surface area contributed by atoms with E-state index in [0.29, 0.717) is 16.4 Å². The lowest BCUT2D eigenvalue weighted by molar-refractivity contribution is -0.121. The number of aryl methyl sites for hydroxylation is 1. The minimum atomic E-state index is -1.07. The van der Waals surface area contributed by atoms with Gasteiger partial charge in [-0.3, -0.25) is 9.59 Å². The van der Waals surface area contributed by atoms with Gasteiger partial charge in [0, 0.05) is 13.0 Å². The first-order chi connectivity index (χ1) is 11.0. The number of carboxylic acid groups (broad SMARTS) is 1. The Bertz CT molecular complexity index is 706. The number of nitrogens with one attached hydrogen (secondary N) is 2. The lowest BCUT2D eigenvalue weighted by atomic mass is 10.2. The van der Waals surface area contributed by atoms with Crippen LogP contribution >= 0.6 is 11.3 Å². The van der Waals surface area contributed by atoms with Crippen molar-refractivity contribution in [2.24, 2.45) is 0 Å². The standard InChI is InChI=1S/C15H16N2O5S/c1-9-11(15(20)21)7-10(22-9)8-17-13(18)4-5-16-14(19)12-3-2-6-23-12/h2-3,6-7H,4-5,8H2,1H3,(H,16,19)(H,17,18)(H,20,21). The van der Waals surface area contributed by atoms with Gasteiger partial charge in [-0.25, -0.2) is 4.79 Å². The van der Waals surface area contributed by atoms with E-state index in [0.717, 1.165) is 0 Å². The molecule has 0 bridgehead atoms. The summed E-state index contributed by atoms with van der Waals surface area (Å²) in [5, 5.41) is 16.0. The summed E-state index contributed by atoms with van der Waals surface area (Å²) in [6.07, 6.45) is 0.128. The first-order valence-electron chi connectivity index (χ1n) is 6.88. The summed E-state index contributed by atoms with van der Waals surface area (Å²) in [5.74, 6) is -0.871. The van der Waals surface area contributed by atoms with Crippen LogP contribution in [0.1, 0.15) is 38.0 Å². The zero-order valence-corrected chi connectivity index (χ0v) is 13.2. The van der Waals surface area contributed by atoms with Crippen molar-refractivity contribution < 1.29 is 23.9 Å². The van der Waals surface area contributed by atoms with Gasteiger partial charge in [0.15, 0.2) is 0 Å². The predicted octanol–water partition coefficient (Wildman–Crippen LogP) is 1.78. The molecule has 2 rings (SSSR count). The average Bonchev–Trinajstić information content (AvgIpc) is 3.14. The van der Waals surface area contributed by atoms with E-state index in [1.54, 1.807) is 24.4 Å². The van der Waals surface area contributed by atoms with Gasteiger partial charge in [-0.1, -0.05) is 6.07 Å². The Morgan fingerprint density at radius 3 is 2.70 bits per heavy atom. The molecular formula is C15H16N2O5S. The van der Waals surface area contributed by atoms with Gasteiger partial charge in [-0.05, 0) is 24.4 Å². The Balaban J connectivity index is 1.72. The molecule has 3 N–H and O–H groups in total. The largest absolute Gasteiger partial charge is 0.478 e. The maximum atomic E-state index is 11.7. The molecule has 0 aromatic carbocycles. The topological polar surface area (TPSA) is 109 Å². The molecule has 122 valence electrons. The molecule has 2 aromatic rings. The van der Waals surface area contributed by atoms with Crippen LogP contribution in [0.2, 0.25) is 0 Å². The fourth-order valence-corrected chi connectivity index (χ4v) is 2.54. The molecule has 0 aliphatic rings. The second-order valence-electron chi connectivity index (χ2n) is 4.75. The quantitative estimate of drug-likeness (QED) is 0.714. The molecule has 8 heteroatoms. The molecule has 0 saturated heterocycles. The molecule has 0 aliphatic carbocycles. The maximum Gasteiger partial charge on any atom is 0.339 e. The third kappa shape index (κ3) is 4.68. The van der Waals surface area contributed by atoms with Crippen molar-refractivity contribution in [3.63, 3.8) is 0 Å². The van der Waals surface area contributed by atoms with E-state index in [2.05, 4.69) is 10.6 Å². The zero-order valence-electron chi connectivity index (χ0n) is 12.4. The third-order valence-electron chi connectivity index (χ3n) is 3.04. The molecule has 0 spiro atoms. The number of carboxylic acids is 1. The van der Waals surface area contributed by atoms with Crippen LogP contribution in [0.15, 0.2) is 28.0 Å². The van der Waals surface area contributed by atoms with Gasteiger partial charge in [0.05, 0.1) is 11.4 Å². The Morgan fingerprint density at radius 2 is 2.09 bits per heavy atom. The summed E-state index contributed by atoms with van der Waals surface area (Å²) in [6, 6.07) is 4.87. The van der Waals surface area contributed by atoms with E-state index in [9.17, 15) is 14.4 Å². The molecule has 2 heterocycles. The van der Waals surface area contributed by atoms with Crippen LogP contribution in [0.3, 0.4) is 0 Å². The van der Waals surface area contributed by atoms with E-state index in [4.69, 9.17) is 9.52 Å². The summed E-state index contributed by atoms with van der Waals surface area (Å²) in [4.78, 5) is 34.8. The fraction of sp³-hybridized carbons (Fsp3) is 0.267. The van der Waals surface area contributed by atoms with E-state index in [-0.39, 0.29) is 36.9 Å². The minimum Gasteiger partial charge on any atom is -0.478 e. The number of hydrogen-bond donors (Lipinski definition) is 3. The molecule has 0 saturated carbocycles.